The van der Waals surface area contributed by atoms with E-state index in [1.54, 1.807) is 30.3 Å². The topological polar surface area (TPSA) is 231 Å². The second-order valence-corrected chi connectivity index (χ2v) is 9.05. The third-order valence-electron chi connectivity index (χ3n) is 5.28. The van der Waals surface area contributed by atoms with Gasteiger partial charge in [0.25, 0.3) is 0 Å². The molecular weight excluding hydrogens is 486 g/mol. The van der Waals surface area contributed by atoms with E-state index in [4.69, 9.17) is 16.6 Å². The van der Waals surface area contributed by atoms with Crippen LogP contribution >= 0.6 is 0 Å². The largest absolute Gasteiger partial charge is 0.481 e. The molecule has 0 aliphatic heterocycles. The highest BCUT2D eigenvalue weighted by Crippen LogP contribution is 2.08. The minimum Gasteiger partial charge on any atom is -0.481 e. The monoisotopic (exact) mass is 521 g/mol. The van der Waals surface area contributed by atoms with Crippen LogP contribution in [0.1, 0.15) is 45.1 Å². The number of primary amides is 1. The number of nitrogens with two attached hydrogens (primary N) is 2. The van der Waals surface area contributed by atoms with Crippen LogP contribution < -0.4 is 27.4 Å². The van der Waals surface area contributed by atoms with E-state index in [1.807, 2.05) is 13.8 Å². The molecule has 0 aromatic heterocycles. The standard InChI is InChI=1S/C24H35N5O8/c1-13(2)10-15(25)21(33)28-17(11-14-6-4-3-5-7-14)22(34)29-18(12-19(26)30)23(35)27-16(24(36)37)8-9-20(31)32/h3-7,13,15-18H,8-12,25H2,1-2H3,(H2,26,30)(H,27,35)(H,28,33)(H,29,34)(H,31,32)(H,36,37). The molecule has 1 rings (SSSR count). The van der Waals surface area contributed by atoms with Gasteiger partial charge in [-0.2, -0.15) is 0 Å². The van der Waals surface area contributed by atoms with E-state index >= 15 is 0 Å². The van der Waals surface area contributed by atoms with Crippen LogP contribution in [0.25, 0.3) is 0 Å². The lowest BCUT2D eigenvalue weighted by molar-refractivity contribution is -0.143. The zero-order valence-electron chi connectivity index (χ0n) is 20.8. The normalized spacial score (nSPS) is 14.1. The molecule has 4 unspecified atom stereocenters. The van der Waals surface area contributed by atoms with Gasteiger partial charge in [-0.15, -0.1) is 0 Å². The van der Waals surface area contributed by atoms with Gasteiger partial charge in [0.15, 0.2) is 0 Å². The van der Waals surface area contributed by atoms with Gasteiger partial charge in [0.2, 0.25) is 23.6 Å². The highest BCUT2D eigenvalue weighted by atomic mass is 16.4. The molecule has 0 bridgehead atoms. The highest BCUT2D eigenvalue weighted by Gasteiger charge is 2.31. The van der Waals surface area contributed by atoms with E-state index < -0.39 is 79.0 Å². The Bertz CT molecular complexity index is 969. The molecule has 0 aliphatic carbocycles. The molecule has 13 heteroatoms. The first-order valence-electron chi connectivity index (χ1n) is 11.7. The minimum atomic E-state index is -1.58. The number of nitrogens with one attached hydrogen (secondary N) is 3. The summed E-state index contributed by atoms with van der Waals surface area (Å²) in [5.41, 5.74) is 11.8. The van der Waals surface area contributed by atoms with E-state index in [0.717, 1.165) is 0 Å². The summed E-state index contributed by atoms with van der Waals surface area (Å²) < 4.78 is 0. The summed E-state index contributed by atoms with van der Waals surface area (Å²) in [4.78, 5) is 72.4. The van der Waals surface area contributed by atoms with Crippen molar-refractivity contribution in [3.8, 4) is 0 Å². The molecule has 0 fully saturated rings. The summed E-state index contributed by atoms with van der Waals surface area (Å²) in [6, 6.07) is 3.49. The van der Waals surface area contributed by atoms with Crippen molar-refractivity contribution in [2.75, 3.05) is 0 Å². The molecule has 9 N–H and O–H groups in total. The van der Waals surface area contributed by atoms with Crippen molar-refractivity contribution in [1.82, 2.24) is 16.0 Å². The average molecular weight is 522 g/mol. The fourth-order valence-electron chi connectivity index (χ4n) is 3.43. The Balaban J connectivity index is 3.10. The van der Waals surface area contributed by atoms with Gasteiger partial charge in [0.1, 0.15) is 18.1 Å². The number of hydrogen-bond acceptors (Lipinski definition) is 7. The maximum absolute atomic E-state index is 13.2. The zero-order valence-corrected chi connectivity index (χ0v) is 20.8. The van der Waals surface area contributed by atoms with Crippen LogP contribution in [0.4, 0.5) is 0 Å². The third kappa shape index (κ3) is 12.0. The van der Waals surface area contributed by atoms with Gasteiger partial charge in [-0.1, -0.05) is 44.2 Å². The second-order valence-electron chi connectivity index (χ2n) is 9.05. The number of amides is 4. The summed E-state index contributed by atoms with van der Waals surface area (Å²) in [5.74, 6) is -6.06. The molecule has 4 amide bonds. The van der Waals surface area contributed by atoms with Gasteiger partial charge in [0, 0.05) is 12.8 Å². The van der Waals surface area contributed by atoms with Gasteiger partial charge < -0.3 is 37.6 Å². The molecule has 0 saturated carbocycles. The Morgan fingerprint density at radius 1 is 0.838 bits per heavy atom. The van der Waals surface area contributed by atoms with Crippen molar-refractivity contribution in [2.45, 2.75) is 70.1 Å². The first-order valence-corrected chi connectivity index (χ1v) is 11.7. The quantitative estimate of drug-likeness (QED) is 0.139. The molecule has 0 saturated heterocycles. The van der Waals surface area contributed by atoms with Crippen LogP contribution in [0.15, 0.2) is 30.3 Å². The van der Waals surface area contributed by atoms with Crippen LogP contribution in [0.5, 0.6) is 0 Å². The lowest BCUT2D eigenvalue weighted by Gasteiger charge is -2.25. The predicted molar refractivity (Wildman–Crippen MR) is 132 cm³/mol. The number of hydrogen-bond donors (Lipinski definition) is 7. The lowest BCUT2D eigenvalue weighted by atomic mass is 10.0. The molecule has 0 heterocycles. The van der Waals surface area contributed by atoms with Gasteiger partial charge in [-0.05, 0) is 24.3 Å². The first kappa shape index (κ1) is 31.0. The minimum absolute atomic E-state index is 0.0358. The molecular formula is C24H35N5O8. The molecule has 204 valence electrons. The fraction of sp³-hybridized carbons (Fsp3) is 0.500. The Morgan fingerprint density at radius 3 is 1.89 bits per heavy atom. The van der Waals surface area contributed by atoms with Crippen LogP contribution in [-0.4, -0.2) is 69.9 Å². The lowest BCUT2D eigenvalue weighted by Crippen LogP contribution is -2.58. The number of benzene rings is 1. The van der Waals surface area contributed by atoms with Crippen molar-refractivity contribution < 1.29 is 39.0 Å². The summed E-state index contributed by atoms with van der Waals surface area (Å²) >= 11 is 0. The molecule has 0 radical (unpaired) electrons. The first-order chi connectivity index (χ1) is 17.3. The van der Waals surface area contributed by atoms with Gasteiger partial charge in [-0.25, -0.2) is 4.79 Å². The van der Waals surface area contributed by atoms with E-state index in [0.29, 0.717) is 12.0 Å². The van der Waals surface area contributed by atoms with Crippen LogP contribution in [0, 0.1) is 5.92 Å². The fourth-order valence-corrected chi connectivity index (χ4v) is 3.43. The van der Waals surface area contributed by atoms with E-state index in [1.165, 1.54) is 0 Å². The van der Waals surface area contributed by atoms with Crippen LogP contribution in [-0.2, 0) is 35.2 Å². The average Bonchev–Trinajstić information content (AvgIpc) is 2.80. The van der Waals surface area contributed by atoms with Crippen molar-refractivity contribution in [3.05, 3.63) is 35.9 Å². The Labute approximate surface area is 214 Å². The van der Waals surface area contributed by atoms with E-state index in [2.05, 4.69) is 16.0 Å². The number of aliphatic carboxylic acids is 2. The second kappa shape index (κ2) is 15.2. The molecule has 4 atom stereocenters. The Hall–Kier alpha value is -4.00. The SMILES string of the molecule is CC(C)CC(N)C(=O)NC(Cc1ccccc1)C(=O)NC(CC(N)=O)C(=O)NC(CCC(=O)O)C(=O)O. The molecule has 13 nitrogen and oxygen atoms in total. The van der Waals surface area contributed by atoms with Crippen molar-refractivity contribution in [2.24, 2.45) is 17.4 Å². The predicted octanol–water partition coefficient (Wildman–Crippen LogP) is -1.12. The van der Waals surface area contributed by atoms with Gasteiger partial charge in [-0.3, -0.25) is 24.0 Å². The molecule has 1 aromatic rings. The van der Waals surface area contributed by atoms with Crippen molar-refractivity contribution in [1.29, 1.82) is 0 Å². The molecule has 0 spiro atoms. The van der Waals surface area contributed by atoms with E-state index in [9.17, 15) is 33.9 Å². The number of rotatable bonds is 16. The smallest absolute Gasteiger partial charge is 0.326 e. The maximum atomic E-state index is 13.2. The number of carboxylic acids is 2. The Kier molecular flexibility index (Phi) is 12.7. The van der Waals surface area contributed by atoms with Crippen LogP contribution in [0.2, 0.25) is 0 Å². The summed E-state index contributed by atoms with van der Waals surface area (Å²) in [7, 11) is 0. The molecule has 1 aromatic carbocycles. The van der Waals surface area contributed by atoms with E-state index in [-0.39, 0.29) is 12.3 Å². The number of carbonyl (C=O) groups is 6. The zero-order chi connectivity index (χ0) is 28.1. The van der Waals surface area contributed by atoms with Crippen molar-refractivity contribution in [3.63, 3.8) is 0 Å². The molecule has 37 heavy (non-hydrogen) atoms. The number of carboxylic acid groups (broad SMARTS) is 2. The Morgan fingerprint density at radius 2 is 1.38 bits per heavy atom. The third-order valence-corrected chi connectivity index (χ3v) is 5.28. The van der Waals surface area contributed by atoms with Gasteiger partial charge >= 0.3 is 11.9 Å². The molecule has 0 aliphatic rings. The highest BCUT2D eigenvalue weighted by molar-refractivity contribution is 5.96. The van der Waals surface area contributed by atoms with Gasteiger partial charge in [0.05, 0.1) is 12.5 Å². The summed E-state index contributed by atoms with van der Waals surface area (Å²) in [5, 5.41) is 25.1. The summed E-state index contributed by atoms with van der Waals surface area (Å²) in [6.45, 7) is 3.77. The summed E-state index contributed by atoms with van der Waals surface area (Å²) in [6.07, 6.45) is -1.22. The van der Waals surface area contributed by atoms with Crippen LogP contribution in [0.3, 0.4) is 0 Å². The number of carbonyl (C=O) groups excluding carboxylic acids is 4. The van der Waals surface area contributed by atoms with Crippen molar-refractivity contribution >= 4 is 35.6 Å². The maximum Gasteiger partial charge on any atom is 0.326 e.